The van der Waals surface area contributed by atoms with Crippen LogP contribution in [0.1, 0.15) is 102 Å². The van der Waals surface area contributed by atoms with Crippen LogP contribution in [0.5, 0.6) is 11.5 Å². The van der Waals surface area contributed by atoms with E-state index in [2.05, 4.69) is 74.4 Å². The Hall–Kier alpha value is -6.65. The number of hydrogen-bond acceptors (Lipinski definition) is 10. The number of ether oxygens (including phenoxy) is 4. The van der Waals surface area contributed by atoms with Crippen LogP contribution in [-0.2, 0) is 19.1 Å². The van der Waals surface area contributed by atoms with Crippen molar-refractivity contribution in [2.45, 2.75) is 96.6 Å². The molecule has 0 saturated carbocycles. The van der Waals surface area contributed by atoms with E-state index in [0.717, 1.165) is 106 Å². The Balaban J connectivity index is 1.04. The highest BCUT2D eigenvalue weighted by Gasteiger charge is 2.39. The first-order valence-corrected chi connectivity index (χ1v) is 23.9. The van der Waals surface area contributed by atoms with Crippen molar-refractivity contribution in [1.82, 2.24) is 39.6 Å². The Morgan fingerprint density at radius 2 is 1.47 bits per heavy atom. The molecular weight excluding hydrogens is 863 g/mol. The number of nitrogens with one attached hydrogen (secondary N) is 3. The summed E-state index contributed by atoms with van der Waals surface area (Å²) in [6.07, 6.45) is 7.58. The predicted molar refractivity (Wildman–Crippen MR) is 259 cm³/mol. The number of carbonyl (C=O) groups excluding carboxylic acids is 3. The van der Waals surface area contributed by atoms with E-state index in [1.165, 1.54) is 7.11 Å². The molecule has 16 heteroatoms. The second kappa shape index (κ2) is 19.9. The van der Waals surface area contributed by atoms with Gasteiger partial charge < -0.3 is 54.3 Å². The smallest absolute Gasteiger partial charge is 0.407 e. The molecule has 0 bridgehead atoms. The summed E-state index contributed by atoms with van der Waals surface area (Å²) in [6, 6.07) is 21.2. The fourth-order valence-electron chi connectivity index (χ4n) is 9.84. The Labute approximate surface area is 396 Å². The first kappa shape index (κ1) is 46.5. The quantitative estimate of drug-likeness (QED) is 0.0684. The number of aromatic nitrogens is 5. The van der Waals surface area contributed by atoms with Gasteiger partial charge in [-0.3, -0.25) is 9.59 Å². The van der Waals surface area contributed by atoms with Crippen LogP contribution in [0, 0.1) is 11.8 Å². The number of nitrogens with zero attached hydrogens (tertiary/aromatic N) is 5. The van der Waals surface area contributed by atoms with Gasteiger partial charge in [-0.25, -0.2) is 14.8 Å². The zero-order valence-corrected chi connectivity index (χ0v) is 39.8. The number of imidazole rings is 2. The van der Waals surface area contributed by atoms with Gasteiger partial charge in [0.25, 0.3) is 0 Å². The van der Waals surface area contributed by atoms with Crippen molar-refractivity contribution in [1.29, 1.82) is 0 Å². The topological polar surface area (TPSA) is 195 Å². The first-order chi connectivity index (χ1) is 32.9. The molecule has 358 valence electrons. The number of aromatic amines is 2. The lowest BCUT2D eigenvalue weighted by molar-refractivity contribution is -0.136. The molecule has 6 aromatic rings. The van der Waals surface area contributed by atoms with E-state index in [0.29, 0.717) is 32.1 Å². The van der Waals surface area contributed by atoms with Gasteiger partial charge in [0.05, 0.1) is 66.8 Å². The summed E-state index contributed by atoms with van der Waals surface area (Å²) in [7, 11) is 3.00. The minimum Gasteiger partial charge on any atom is -0.494 e. The van der Waals surface area contributed by atoms with E-state index in [1.54, 1.807) is 7.11 Å². The third kappa shape index (κ3) is 9.18. The van der Waals surface area contributed by atoms with Crippen LogP contribution in [0.15, 0.2) is 79.1 Å². The Morgan fingerprint density at radius 1 is 0.809 bits per heavy atom. The lowest BCUT2D eigenvalue weighted by Crippen LogP contribution is -2.51. The van der Waals surface area contributed by atoms with Crippen LogP contribution < -0.4 is 20.5 Å². The van der Waals surface area contributed by atoms with Crippen LogP contribution in [-0.4, -0.2) is 105 Å². The Bertz CT molecular complexity index is 2780. The second-order valence-electron chi connectivity index (χ2n) is 18.8. The number of carbonyl (C=O) groups is 3. The maximum Gasteiger partial charge on any atom is 0.407 e. The molecule has 0 spiro atoms. The van der Waals surface area contributed by atoms with Gasteiger partial charge in [0.15, 0.2) is 0 Å². The summed E-state index contributed by atoms with van der Waals surface area (Å²) < 4.78 is 25.6. The number of methoxy groups -OCH3 is 2. The Morgan fingerprint density at radius 3 is 2.13 bits per heavy atom. The summed E-state index contributed by atoms with van der Waals surface area (Å²) >= 11 is 0. The number of unbranched alkanes of at least 4 members (excludes halogenated alkanes) is 1. The average Bonchev–Trinajstić information content (AvgIpc) is 4.21. The highest BCUT2D eigenvalue weighted by atomic mass is 16.5. The first-order valence-electron chi connectivity index (χ1n) is 23.9. The molecule has 3 aliphatic heterocycles. The molecule has 16 nitrogen and oxygen atoms in total. The van der Waals surface area contributed by atoms with Crippen molar-refractivity contribution >= 4 is 28.8 Å². The van der Waals surface area contributed by atoms with Gasteiger partial charge in [0, 0.05) is 54.4 Å². The second-order valence-corrected chi connectivity index (χ2v) is 18.8. The molecule has 2 fully saturated rings. The van der Waals surface area contributed by atoms with Crippen molar-refractivity contribution in [2.75, 3.05) is 40.5 Å². The summed E-state index contributed by atoms with van der Waals surface area (Å²) in [5.74, 6) is 2.66. The normalized spacial score (nSPS) is 18.7. The van der Waals surface area contributed by atoms with E-state index in [1.807, 2.05) is 62.0 Å². The van der Waals surface area contributed by atoms with Crippen LogP contribution in [0.4, 0.5) is 4.79 Å². The van der Waals surface area contributed by atoms with Crippen molar-refractivity contribution in [2.24, 2.45) is 17.6 Å². The molecule has 0 radical (unpaired) electrons. The summed E-state index contributed by atoms with van der Waals surface area (Å²) in [5, 5.41) is 3.74. The fourth-order valence-corrected chi connectivity index (χ4v) is 9.84. The molecule has 3 aromatic carbocycles. The van der Waals surface area contributed by atoms with E-state index < -0.39 is 24.4 Å². The minimum absolute atomic E-state index is 0.0394. The van der Waals surface area contributed by atoms with E-state index >= 15 is 0 Å². The van der Waals surface area contributed by atoms with Crippen LogP contribution >= 0.6 is 0 Å². The van der Waals surface area contributed by atoms with E-state index in [9.17, 15) is 14.4 Å². The third-order valence-electron chi connectivity index (χ3n) is 13.6. The summed E-state index contributed by atoms with van der Waals surface area (Å²) in [4.78, 5) is 59.7. The maximum absolute atomic E-state index is 13.8. The molecule has 3 amide bonds. The van der Waals surface area contributed by atoms with Gasteiger partial charge in [-0.15, -0.1) is 0 Å². The largest absolute Gasteiger partial charge is 0.494 e. The molecular formula is C52H63N9O7. The van der Waals surface area contributed by atoms with Gasteiger partial charge in [0.1, 0.15) is 29.2 Å². The van der Waals surface area contributed by atoms with Gasteiger partial charge >= 0.3 is 6.09 Å². The number of fused-ring (bicyclic) bond motifs is 5. The number of likely N-dealkylation sites (tertiary alicyclic amines) is 2. The van der Waals surface area contributed by atoms with Crippen molar-refractivity contribution in [3.05, 3.63) is 96.3 Å². The van der Waals surface area contributed by atoms with Gasteiger partial charge in [0.2, 0.25) is 18.0 Å². The molecule has 3 aliphatic rings. The SMILES string of the molecule is COCCCCOc1cccc(C2Oc3cc(-c4cnc(C5CCCN5C(=O)C(N)C(C)C)[nH]4)ccc3-c3cc4cc(-c5cnc(C6CCCN6C(=O)C(NC(=O)OC)C(C)C)[nH]5)ccc4n32)c1. The zero-order valence-electron chi connectivity index (χ0n) is 39.8. The van der Waals surface area contributed by atoms with Gasteiger partial charge in [-0.05, 0) is 92.8 Å². The number of amides is 3. The standard InChI is InChI=1S/C52H63N9O7/c1-30(2)45(53)49(62)59-20-10-14-41(59)47-55-29-39(57-47)33-16-18-37-43-26-35-24-32(38-28-54-48(56-38)42-15-11-21-60(42)50(63)46(31(3)4)58-52(64)66-6)17-19-40(35)61(43)51(68-44(37)27-33)34-12-9-13-36(25-34)67-23-8-7-22-65-5/h9,12-13,16-19,24-31,41-42,45-46,51H,7-8,10-11,14-15,20-23,53H2,1-6H3,(H,54,56)(H,55,57)(H,58,64). The maximum atomic E-state index is 13.8. The van der Waals surface area contributed by atoms with Gasteiger partial charge in [-0.2, -0.15) is 0 Å². The molecule has 6 heterocycles. The van der Waals surface area contributed by atoms with Crippen LogP contribution in [0.3, 0.4) is 0 Å². The number of rotatable bonds is 16. The molecule has 5 N–H and O–H groups in total. The molecule has 68 heavy (non-hydrogen) atoms. The molecule has 5 unspecified atom stereocenters. The molecule has 0 aliphatic carbocycles. The summed E-state index contributed by atoms with van der Waals surface area (Å²) in [6.45, 7) is 10.3. The Kier molecular flexibility index (Phi) is 13.6. The van der Waals surface area contributed by atoms with Crippen LogP contribution in [0.2, 0.25) is 0 Å². The highest BCUT2D eigenvalue weighted by molar-refractivity contribution is 5.93. The van der Waals surface area contributed by atoms with Crippen molar-refractivity contribution in [3.63, 3.8) is 0 Å². The highest BCUT2D eigenvalue weighted by Crippen LogP contribution is 2.47. The number of nitrogens with two attached hydrogens (primary N) is 1. The minimum atomic E-state index is -0.717. The molecule has 9 rings (SSSR count). The monoisotopic (exact) mass is 925 g/mol. The van der Waals surface area contributed by atoms with E-state index in [4.69, 9.17) is 34.6 Å². The van der Waals surface area contributed by atoms with Gasteiger partial charge in [-0.1, -0.05) is 52.0 Å². The van der Waals surface area contributed by atoms with Crippen molar-refractivity contribution < 1.29 is 33.3 Å². The number of H-pyrrole nitrogens is 2. The lowest BCUT2D eigenvalue weighted by atomic mass is 10.0. The average molecular weight is 926 g/mol. The number of benzene rings is 3. The third-order valence-corrected chi connectivity index (χ3v) is 13.6. The van der Waals surface area contributed by atoms with Crippen LogP contribution in [0.25, 0.3) is 44.7 Å². The fraction of sp³-hybridized carbons (Fsp3) is 0.442. The number of alkyl carbamates (subject to hydrolysis) is 1. The molecule has 2 saturated heterocycles. The molecule has 3 aromatic heterocycles. The summed E-state index contributed by atoms with van der Waals surface area (Å²) in [5.41, 5.74) is 13.7. The predicted octanol–water partition coefficient (Wildman–Crippen LogP) is 8.52. The van der Waals surface area contributed by atoms with Crippen molar-refractivity contribution in [3.8, 4) is 45.3 Å². The lowest BCUT2D eigenvalue weighted by Gasteiger charge is -2.31. The zero-order chi connectivity index (χ0) is 47.6. The molecule has 5 atom stereocenters. The number of hydrogen-bond donors (Lipinski definition) is 4. The van der Waals surface area contributed by atoms with E-state index in [-0.39, 0.29) is 35.7 Å².